The van der Waals surface area contributed by atoms with Gasteiger partial charge in [0, 0.05) is 43.8 Å². The zero-order valence-electron chi connectivity index (χ0n) is 16.3. The molecule has 1 aliphatic rings. The number of nitrogens with zero attached hydrogens (tertiary/aromatic N) is 2. The molecule has 6 heteroatoms. The number of para-hydroxylation sites is 1. The number of aryl methyl sites for hydroxylation is 1. The van der Waals surface area contributed by atoms with Crippen LogP contribution in [0.15, 0.2) is 35.5 Å². The van der Waals surface area contributed by atoms with E-state index in [1.807, 2.05) is 6.92 Å². The molecular formula is C21H30N4O2. The van der Waals surface area contributed by atoms with Crippen LogP contribution < -0.4 is 5.32 Å². The van der Waals surface area contributed by atoms with Crippen LogP contribution in [0.1, 0.15) is 31.7 Å². The van der Waals surface area contributed by atoms with Crippen LogP contribution in [0.4, 0.5) is 0 Å². The number of likely N-dealkylation sites (tertiary alicyclic amines) is 1. The molecule has 2 aromatic rings. The largest absolute Gasteiger partial charge is 0.466 e. The van der Waals surface area contributed by atoms with Crippen molar-refractivity contribution in [2.45, 2.75) is 32.6 Å². The second-order valence-electron chi connectivity index (χ2n) is 6.97. The molecule has 1 aliphatic heterocycles. The summed E-state index contributed by atoms with van der Waals surface area (Å²) in [7, 11) is 1.80. The average Bonchev–Trinajstić information content (AvgIpc) is 3.11. The molecule has 0 amide bonds. The summed E-state index contributed by atoms with van der Waals surface area (Å²) >= 11 is 0. The molecular weight excluding hydrogens is 340 g/mol. The summed E-state index contributed by atoms with van der Waals surface area (Å²) in [5.74, 6) is 0.739. The van der Waals surface area contributed by atoms with Crippen LogP contribution in [0.25, 0.3) is 10.9 Å². The van der Waals surface area contributed by atoms with E-state index in [4.69, 9.17) is 4.74 Å². The molecule has 1 aromatic heterocycles. The number of guanidine groups is 1. The van der Waals surface area contributed by atoms with Crippen LogP contribution in [0.5, 0.6) is 0 Å². The molecule has 0 bridgehead atoms. The highest BCUT2D eigenvalue weighted by Crippen LogP contribution is 2.19. The number of benzene rings is 1. The molecule has 1 fully saturated rings. The molecule has 0 spiro atoms. The maximum absolute atomic E-state index is 12.0. The number of carbonyl (C=O) groups is 1. The van der Waals surface area contributed by atoms with Crippen molar-refractivity contribution in [1.82, 2.24) is 15.2 Å². The molecule has 1 aromatic carbocycles. The molecule has 6 nitrogen and oxygen atoms in total. The monoisotopic (exact) mass is 370 g/mol. The Morgan fingerprint density at radius 2 is 2.26 bits per heavy atom. The first-order chi connectivity index (χ1) is 13.2. The van der Waals surface area contributed by atoms with Crippen molar-refractivity contribution in [2.24, 2.45) is 10.9 Å². The van der Waals surface area contributed by atoms with Gasteiger partial charge in [-0.15, -0.1) is 0 Å². The Labute approximate surface area is 161 Å². The van der Waals surface area contributed by atoms with E-state index in [1.54, 1.807) is 7.05 Å². The number of aromatic amines is 1. The highest BCUT2D eigenvalue weighted by Gasteiger charge is 2.28. The number of fused-ring (bicyclic) bond motifs is 1. The molecule has 0 radical (unpaired) electrons. The van der Waals surface area contributed by atoms with Gasteiger partial charge in [-0.3, -0.25) is 9.79 Å². The van der Waals surface area contributed by atoms with Gasteiger partial charge in [-0.2, -0.15) is 0 Å². The molecule has 3 rings (SSSR count). The van der Waals surface area contributed by atoms with Crippen molar-refractivity contribution in [2.75, 3.05) is 33.3 Å². The molecule has 27 heavy (non-hydrogen) atoms. The van der Waals surface area contributed by atoms with Crippen molar-refractivity contribution >= 4 is 22.8 Å². The lowest BCUT2D eigenvalue weighted by atomic mass is 9.98. The van der Waals surface area contributed by atoms with E-state index < -0.39 is 0 Å². The van der Waals surface area contributed by atoms with Crippen LogP contribution in [-0.4, -0.2) is 55.1 Å². The highest BCUT2D eigenvalue weighted by molar-refractivity contribution is 5.83. The van der Waals surface area contributed by atoms with E-state index in [-0.39, 0.29) is 11.9 Å². The van der Waals surface area contributed by atoms with Crippen LogP contribution >= 0.6 is 0 Å². The number of H-pyrrole nitrogens is 1. The fourth-order valence-electron chi connectivity index (χ4n) is 3.77. The van der Waals surface area contributed by atoms with Crippen molar-refractivity contribution in [3.8, 4) is 0 Å². The van der Waals surface area contributed by atoms with E-state index in [9.17, 15) is 4.79 Å². The summed E-state index contributed by atoms with van der Waals surface area (Å²) in [6, 6.07) is 8.40. The molecule has 146 valence electrons. The topological polar surface area (TPSA) is 69.7 Å². The Kier molecular flexibility index (Phi) is 6.74. The number of carbonyl (C=O) groups excluding carboxylic acids is 1. The Bertz CT molecular complexity index is 783. The number of aliphatic imine (C=N–C) groups is 1. The minimum Gasteiger partial charge on any atom is -0.466 e. The van der Waals surface area contributed by atoms with Crippen LogP contribution in [0.2, 0.25) is 0 Å². The lowest BCUT2D eigenvalue weighted by Gasteiger charge is -2.33. The van der Waals surface area contributed by atoms with Gasteiger partial charge in [0.1, 0.15) is 0 Å². The number of ether oxygens (including phenoxy) is 1. The Morgan fingerprint density at radius 3 is 3.07 bits per heavy atom. The summed E-state index contributed by atoms with van der Waals surface area (Å²) in [5, 5.41) is 4.76. The first kappa shape index (κ1) is 19.3. The number of piperidine rings is 1. The van der Waals surface area contributed by atoms with Crippen molar-refractivity contribution < 1.29 is 9.53 Å². The quantitative estimate of drug-likeness (QED) is 0.355. The fourth-order valence-corrected chi connectivity index (χ4v) is 3.77. The van der Waals surface area contributed by atoms with Crippen molar-refractivity contribution in [3.63, 3.8) is 0 Å². The van der Waals surface area contributed by atoms with Crippen molar-refractivity contribution in [3.05, 3.63) is 36.0 Å². The summed E-state index contributed by atoms with van der Waals surface area (Å²) in [5.41, 5.74) is 2.54. The third-order valence-electron chi connectivity index (χ3n) is 5.13. The summed E-state index contributed by atoms with van der Waals surface area (Å²) in [4.78, 5) is 22.0. The van der Waals surface area contributed by atoms with Crippen LogP contribution in [0, 0.1) is 5.92 Å². The standard InChI is InChI=1S/C21H30N4O2/c1-3-27-20(26)17-9-7-13-25(15-17)21(22-2)23-12-6-8-16-14-24-19-11-5-4-10-18(16)19/h4-5,10-11,14,17,24H,3,6-9,12-13,15H2,1-2H3,(H,22,23). The van der Waals surface area contributed by atoms with Gasteiger partial charge in [0.25, 0.3) is 0 Å². The zero-order chi connectivity index (χ0) is 19.1. The van der Waals surface area contributed by atoms with Gasteiger partial charge in [-0.1, -0.05) is 18.2 Å². The van der Waals surface area contributed by atoms with Gasteiger partial charge >= 0.3 is 5.97 Å². The van der Waals surface area contributed by atoms with E-state index >= 15 is 0 Å². The normalized spacial score (nSPS) is 17.9. The van der Waals surface area contributed by atoms with E-state index in [1.165, 1.54) is 16.5 Å². The Hall–Kier alpha value is -2.50. The summed E-state index contributed by atoms with van der Waals surface area (Å²) in [6.07, 6.45) is 6.02. The minimum absolute atomic E-state index is 0.0523. The smallest absolute Gasteiger partial charge is 0.310 e. The van der Waals surface area contributed by atoms with Gasteiger partial charge in [-0.05, 0) is 44.2 Å². The third-order valence-corrected chi connectivity index (χ3v) is 5.13. The van der Waals surface area contributed by atoms with Gasteiger partial charge < -0.3 is 19.9 Å². The van der Waals surface area contributed by atoms with Gasteiger partial charge in [0.15, 0.2) is 5.96 Å². The molecule has 1 unspecified atom stereocenters. The molecule has 2 N–H and O–H groups in total. The van der Waals surface area contributed by atoms with E-state index in [0.717, 1.165) is 44.7 Å². The second kappa shape index (κ2) is 9.44. The first-order valence-electron chi connectivity index (χ1n) is 9.90. The zero-order valence-corrected chi connectivity index (χ0v) is 16.3. The van der Waals surface area contributed by atoms with Crippen LogP contribution in [0.3, 0.4) is 0 Å². The highest BCUT2D eigenvalue weighted by atomic mass is 16.5. The minimum atomic E-state index is -0.0861. The second-order valence-corrected chi connectivity index (χ2v) is 6.97. The molecule has 2 heterocycles. The summed E-state index contributed by atoms with van der Waals surface area (Å²) in [6.45, 7) is 4.76. The van der Waals surface area contributed by atoms with Gasteiger partial charge in [0.05, 0.1) is 12.5 Å². The average molecular weight is 370 g/mol. The number of esters is 1. The number of hydrogen-bond acceptors (Lipinski definition) is 3. The van der Waals surface area contributed by atoms with Crippen LogP contribution in [-0.2, 0) is 16.0 Å². The SMILES string of the molecule is CCOC(=O)C1CCCN(C(=NC)NCCCc2c[nH]c3ccccc23)C1. The number of rotatable bonds is 6. The lowest BCUT2D eigenvalue weighted by Crippen LogP contribution is -2.48. The summed E-state index contributed by atoms with van der Waals surface area (Å²) < 4.78 is 5.19. The Balaban J connectivity index is 1.48. The van der Waals surface area contributed by atoms with E-state index in [0.29, 0.717) is 13.2 Å². The molecule has 0 aliphatic carbocycles. The third kappa shape index (κ3) is 4.81. The fraction of sp³-hybridized carbons (Fsp3) is 0.524. The molecule has 1 saturated heterocycles. The maximum Gasteiger partial charge on any atom is 0.310 e. The molecule has 0 saturated carbocycles. The first-order valence-corrected chi connectivity index (χ1v) is 9.90. The predicted octanol–water partition coefficient (Wildman–Crippen LogP) is 2.95. The Morgan fingerprint density at radius 1 is 1.41 bits per heavy atom. The predicted molar refractivity (Wildman–Crippen MR) is 109 cm³/mol. The number of aromatic nitrogens is 1. The van der Waals surface area contributed by atoms with Gasteiger partial charge in [0.2, 0.25) is 0 Å². The van der Waals surface area contributed by atoms with Gasteiger partial charge in [-0.25, -0.2) is 0 Å². The van der Waals surface area contributed by atoms with E-state index in [2.05, 4.69) is 50.7 Å². The maximum atomic E-state index is 12.0. The number of hydrogen-bond donors (Lipinski definition) is 2. The molecule has 1 atom stereocenters. The lowest BCUT2D eigenvalue weighted by molar-refractivity contribution is -0.149. The number of nitrogens with one attached hydrogen (secondary N) is 2. The van der Waals surface area contributed by atoms with Crippen molar-refractivity contribution in [1.29, 1.82) is 0 Å².